The largest absolute Gasteiger partial charge is 0.344 e. The summed E-state index contributed by atoms with van der Waals surface area (Å²) < 4.78 is 1.98. The first-order valence-corrected chi connectivity index (χ1v) is 5.33. The smallest absolute Gasteiger partial charge is 0.207 e. The van der Waals surface area contributed by atoms with Crippen molar-refractivity contribution in [3.05, 3.63) is 18.3 Å². The van der Waals surface area contributed by atoms with E-state index in [4.69, 9.17) is 5.73 Å². The van der Waals surface area contributed by atoms with Crippen molar-refractivity contribution in [2.24, 2.45) is 12.8 Å². The molecule has 16 heavy (non-hydrogen) atoms. The highest BCUT2D eigenvalue weighted by Crippen LogP contribution is 2.17. The molecule has 0 aromatic carbocycles. The highest BCUT2D eigenvalue weighted by Gasteiger charge is 2.12. The van der Waals surface area contributed by atoms with Crippen LogP contribution in [0.1, 0.15) is 6.92 Å². The van der Waals surface area contributed by atoms with Crippen LogP contribution in [0, 0.1) is 0 Å². The van der Waals surface area contributed by atoms with Gasteiger partial charge in [0.05, 0.1) is 0 Å². The molecule has 2 heterocycles. The molecule has 86 valence electrons. The summed E-state index contributed by atoms with van der Waals surface area (Å²) in [7, 11) is 3.96. The van der Waals surface area contributed by atoms with Crippen LogP contribution in [0.4, 0.5) is 5.95 Å². The maximum absolute atomic E-state index is 5.78. The minimum absolute atomic E-state index is 0.123. The van der Waals surface area contributed by atoms with E-state index in [1.165, 1.54) is 0 Å². The van der Waals surface area contributed by atoms with E-state index in [0.29, 0.717) is 0 Å². The van der Waals surface area contributed by atoms with Crippen LogP contribution in [0.2, 0.25) is 0 Å². The van der Waals surface area contributed by atoms with Crippen LogP contribution in [0.5, 0.6) is 0 Å². The number of fused-ring (bicyclic) bond motifs is 1. The van der Waals surface area contributed by atoms with Crippen molar-refractivity contribution >= 4 is 17.1 Å². The standard InChI is InChI=1S/C11H17N5/c1-8(12)7-15(2)11-14-9-5-4-6-13-10(9)16(11)3/h4-6,8H,7,12H2,1-3H3. The van der Waals surface area contributed by atoms with Crippen molar-refractivity contribution in [3.63, 3.8) is 0 Å². The van der Waals surface area contributed by atoms with Crippen LogP contribution in [0.3, 0.4) is 0 Å². The molecule has 1 unspecified atom stereocenters. The Bertz CT molecular complexity index is 488. The van der Waals surface area contributed by atoms with Gasteiger partial charge < -0.3 is 10.6 Å². The molecule has 0 radical (unpaired) electrons. The molecule has 0 spiro atoms. The molecule has 5 nitrogen and oxygen atoms in total. The lowest BCUT2D eigenvalue weighted by Crippen LogP contribution is -2.34. The van der Waals surface area contributed by atoms with Crippen LogP contribution in [-0.2, 0) is 7.05 Å². The van der Waals surface area contributed by atoms with Gasteiger partial charge in [0.2, 0.25) is 5.95 Å². The molecule has 0 fully saturated rings. The molecule has 2 aromatic rings. The van der Waals surface area contributed by atoms with E-state index in [9.17, 15) is 0 Å². The van der Waals surface area contributed by atoms with Crippen LogP contribution in [0.25, 0.3) is 11.2 Å². The van der Waals surface area contributed by atoms with E-state index < -0.39 is 0 Å². The molecule has 0 aliphatic rings. The molecule has 2 N–H and O–H groups in total. The fourth-order valence-corrected chi connectivity index (χ4v) is 1.87. The predicted molar refractivity (Wildman–Crippen MR) is 65.4 cm³/mol. The van der Waals surface area contributed by atoms with E-state index in [1.807, 2.05) is 42.6 Å². The van der Waals surface area contributed by atoms with E-state index in [-0.39, 0.29) is 6.04 Å². The van der Waals surface area contributed by atoms with Crippen molar-refractivity contribution in [1.29, 1.82) is 0 Å². The summed E-state index contributed by atoms with van der Waals surface area (Å²) >= 11 is 0. The highest BCUT2D eigenvalue weighted by molar-refractivity contribution is 5.74. The number of hydrogen-bond donors (Lipinski definition) is 1. The van der Waals surface area contributed by atoms with Crippen molar-refractivity contribution in [1.82, 2.24) is 14.5 Å². The van der Waals surface area contributed by atoms with Crippen molar-refractivity contribution in [3.8, 4) is 0 Å². The second-order valence-corrected chi connectivity index (χ2v) is 4.17. The number of rotatable bonds is 3. The number of aromatic nitrogens is 3. The van der Waals surface area contributed by atoms with E-state index in [2.05, 4.69) is 9.97 Å². The number of hydrogen-bond acceptors (Lipinski definition) is 4. The third-order valence-corrected chi connectivity index (χ3v) is 2.51. The first kappa shape index (κ1) is 10.9. The molecular formula is C11H17N5. The van der Waals surface area contributed by atoms with Gasteiger partial charge in [-0.05, 0) is 19.1 Å². The summed E-state index contributed by atoms with van der Waals surface area (Å²) in [5.74, 6) is 0.894. The van der Waals surface area contributed by atoms with Gasteiger partial charge in [0.15, 0.2) is 5.65 Å². The van der Waals surface area contributed by atoms with Gasteiger partial charge in [-0.3, -0.25) is 4.57 Å². The number of imidazole rings is 1. The molecule has 0 amide bonds. The quantitative estimate of drug-likeness (QED) is 0.827. The lowest BCUT2D eigenvalue weighted by atomic mass is 10.3. The zero-order chi connectivity index (χ0) is 11.7. The topological polar surface area (TPSA) is 60.0 Å². The van der Waals surface area contributed by atoms with E-state index >= 15 is 0 Å². The number of nitrogens with two attached hydrogens (primary N) is 1. The maximum atomic E-state index is 5.78. The Morgan fingerprint density at radius 2 is 2.31 bits per heavy atom. The molecule has 0 saturated heterocycles. The van der Waals surface area contributed by atoms with Gasteiger partial charge >= 0.3 is 0 Å². The Balaban J connectivity index is 2.41. The third kappa shape index (κ3) is 1.86. The number of likely N-dealkylation sites (N-methyl/N-ethyl adjacent to an activating group) is 1. The average Bonchev–Trinajstić information content (AvgIpc) is 2.56. The molecule has 2 aromatic heterocycles. The summed E-state index contributed by atoms with van der Waals surface area (Å²) in [6.45, 7) is 2.76. The lowest BCUT2D eigenvalue weighted by Gasteiger charge is -2.19. The monoisotopic (exact) mass is 219 g/mol. The minimum atomic E-state index is 0.123. The van der Waals surface area contributed by atoms with Crippen molar-refractivity contribution in [2.45, 2.75) is 13.0 Å². The molecule has 0 aliphatic heterocycles. The lowest BCUT2D eigenvalue weighted by molar-refractivity contribution is 0.694. The van der Waals surface area contributed by atoms with Gasteiger partial charge in [0, 0.05) is 32.9 Å². The number of pyridine rings is 1. The molecule has 0 saturated carbocycles. The number of aryl methyl sites for hydroxylation is 1. The summed E-state index contributed by atoms with van der Waals surface area (Å²) in [6, 6.07) is 3.98. The summed E-state index contributed by atoms with van der Waals surface area (Å²) in [5, 5.41) is 0. The minimum Gasteiger partial charge on any atom is -0.344 e. The van der Waals surface area contributed by atoms with Crippen LogP contribution in [-0.4, -0.2) is 34.2 Å². The highest BCUT2D eigenvalue weighted by atomic mass is 15.3. The second kappa shape index (κ2) is 4.09. The molecule has 0 aliphatic carbocycles. The Morgan fingerprint density at radius 3 is 2.94 bits per heavy atom. The van der Waals surface area contributed by atoms with E-state index in [0.717, 1.165) is 23.7 Å². The van der Waals surface area contributed by atoms with Gasteiger partial charge in [-0.15, -0.1) is 0 Å². The molecule has 1 atom stereocenters. The average molecular weight is 219 g/mol. The second-order valence-electron chi connectivity index (χ2n) is 4.17. The van der Waals surface area contributed by atoms with Crippen LogP contribution < -0.4 is 10.6 Å². The Labute approximate surface area is 94.9 Å². The predicted octanol–water partition coefficient (Wildman–Crippen LogP) is 0.752. The fraction of sp³-hybridized carbons (Fsp3) is 0.455. The van der Waals surface area contributed by atoms with Gasteiger partial charge in [-0.1, -0.05) is 0 Å². The van der Waals surface area contributed by atoms with Crippen molar-refractivity contribution < 1.29 is 0 Å². The van der Waals surface area contributed by atoms with Crippen LogP contribution >= 0.6 is 0 Å². The van der Waals surface area contributed by atoms with Gasteiger partial charge in [-0.2, -0.15) is 0 Å². The Hall–Kier alpha value is -1.62. The fourth-order valence-electron chi connectivity index (χ4n) is 1.87. The first-order valence-electron chi connectivity index (χ1n) is 5.33. The van der Waals surface area contributed by atoms with E-state index in [1.54, 1.807) is 6.20 Å². The Morgan fingerprint density at radius 1 is 1.56 bits per heavy atom. The van der Waals surface area contributed by atoms with Crippen LogP contribution in [0.15, 0.2) is 18.3 Å². The Kier molecular flexibility index (Phi) is 2.78. The van der Waals surface area contributed by atoms with Crippen molar-refractivity contribution in [2.75, 3.05) is 18.5 Å². The zero-order valence-electron chi connectivity index (χ0n) is 9.88. The normalized spacial score (nSPS) is 13.0. The van der Waals surface area contributed by atoms with Gasteiger partial charge in [-0.25, -0.2) is 9.97 Å². The zero-order valence-corrected chi connectivity index (χ0v) is 9.88. The summed E-state index contributed by atoms with van der Waals surface area (Å²) in [5.41, 5.74) is 7.59. The first-order chi connectivity index (χ1) is 7.59. The summed E-state index contributed by atoms with van der Waals surface area (Å²) in [6.07, 6.45) is 1.78. The maximum Gasteiger partial charge on any atom is 0.207 e. The SMILES string of the molecule is CC(N)CN(C)c1nc2cccnc2n1C. The molecule has 5 heteroatoms. The molecular weight excluding hydrogens is 202 g/mol. The molecule has 2 rings (SSSR count). The molecule has 0 bridgehead atoms. The van der Waals surface area contributed by atoms with Gasteiger partial charge in [0.1, 0.15) is 5.52 Å². The number of nitrogens with zero attached hydrogens (tertiary/aromatic N) is 4. The van der Waals surface area contributed by atoms with Gasteiger partial charge in [0.25, 0.3) is 0 Å². The number of anilines is 1. The summed E-state index contributed by atoms with van der Waals surface area (Å²) in [4.78, 5) is 10.9. The third-order valence-electron chi connectivity index (χ3n) is 2.51.